The number of pyridine rings is 1. The maximum Gasteiger partial charge on any atom is 0.240 e. The van der Waals surface area contributed by atoms with Crippen molar-refractivity contribution in [2.45, 2.75) is 36.5 Å². The number of hydrogen-bond donors (Lipinski definition) is 0. The first-order chi connectivity index (χ1) is 10.6. The Morgan fingerprint density at radius 2 is 2.14 bits per heavy atom. The van der Waals surface area contributed by atoms with Crippen molar-refractivity contribution in [3.8, 4) is 0 Å². The number of thioether (sulfide) groups is 1. The van der Waals surface area contributed by atoms with Gasteiger partial charge in [0.25, 0.3) is 0 Å². The number of carbonyl (C=O) groups is 2. The number of nitrogens with zero attached hydrogens (tertiary/aromatic N) is 3. The van der Waals surface area contributed by atoms with Crippen molar-refractivity contribution in [3.05, 3.63) is 18.3 Å². The van der Waals surface area contributed by atoms with Gasteiger partial charge in [0.2, 0.25) is 11.8 Å². The van der Waals surface area contributed by atoms with E-state index in [9.17, 15) is 9.59 Å². The number of anilines is 1. The molecule has 0 spiro atoms. The van der Waals surface area contributed by atoms with Crippen LogP contribution in [0.25, 0.3) is 0 Å². The molecule has 3 rings (SSSR count). The van der Waals surface area contributed by atoms with Crippen LogP contribution in [0.15, 0.2) is 23.4 Å². The van der Waals surface area contributed by atoms with E-state index in [2.05, 4.69) is 11.9 Å². The van der Waals surface area contributed by atoms with Crippen LogP contribution in [0.3, 0.4) is 0 Å². The first-order valence-corrected chi connectivity index (χ1v) is 8.61. The molecule has 0 aromatic carbocycles. The minimum absolute atomic E-state index is 0.00997. The van der Waals surface area contributed by atoms with Crippen LogP contribution in [0.5, 0.6) is 0 Å². The van der Waals surface area contributed by atoms with Crippen LogP contribution < -0.4 is 4.90 Å². The predicted molar refractivity (Wildman–Crippen MR) is 86.9 cm³/mol. The van der Waals surface area contributed by atoms with Crippen molar-refractivity contribution in [2.24, 2.45) is 5.92 Å². The van der Waals surface area contributed by atoms with Crippen LogP contribution >= 0.6 is 11.8 Å². The average Bonchev–Trinajstić information content (AvgIpc) is 2.53. The summed E-state index contributed by atoms with van der Waals surface area (Å²) < 4.78 is 0. The highest BCUT2D eigenvalue weighted by atomic mass is 32.2. The van der Waals surface area contributed by atoms with Gasteiger partial charge in [-0.05, 0) is 30.9 Å². The van der Waals surface area contributed by atoms with E-state index in [1.54, 1.807) is 18.1 Å². The monoisotopic (exact) mass is 319 g/mol. The second-order valence-corrected chi connectivity index (χ2v) is 7.29. The van der Waals surface area contributed by atoms with Crippen molar-refractivity contribution < 1.29 is 9.59 Å². The lowest BCUT2D eigenvalue weighted by Crippen LogP contribution is -2.43. The predicted octanol–water partition coefficient (Wildman–Crippen LogP) is 2.17. The largest absolute Gasteiger partial charge is 0.343 e. The fraction of sp³-hybridized carbons (Fsp3) is 0.562. The Hall–Kier alpha value is -1.56. The molecule has 2 aliphatic heterocycles. The summed E-state index contributed by atoms with van der Waals surface area (Å²) in [5.41, 5.74) is 0.827. The molecule has 1 aromatic heterocycles. The number of piperidine rings is 1. The molecule has 1 saturated heterocycles. The Kier molecular flexibility index (Phi) is 4.38. The molecular weight excluding hydrogens is 298 g/mol. The fourth-order valence-corrected chi connectivity index (χ4v) is 4.12. The number of aromatic nitrogens is 1. The first kappa shape index (κ1) is 15.3. The van der Waals surface area contributed by atoms with Gasteiger partial charge in [-0.3, -0.25) is 9.59 Å². The lowest BCUT2D eigenvalue weighted by Gasteiger charge is -2.33. The van der Waals surface area contributed by atoms with Gasteiger partial charge in [-0.25, -0.2) is 4.98 Å². The normalized spacial score (nSPS) is 22.6. The molecule has 1 atom stereocenters. The quantitative estimate of drug-likeness (QED) is 0.838. The summed E-state index contributed by atoms with van der Waals surface area (Å²) in [7, 11) is 1.75. The molecule has 2 amide bonds. The van der Waals surface area contributed by atoms with Crippen molar-refractivity contribution >= 4 is 29.3 Å². The third kappa shape index (κ3) is 2.97. The molecule has 0 N–H and O–H groups in total. The zero-order valence-electron chi connectivity index (χ0n) is 13.0. The highest BCUT2D eigenvalue weighted by molar-refractivity contribution is 8.00. The van der Waals surface area contributed by atoms with Gasteiger partial charge >= 0.3 is 0 Å². The SMILES string of the molecule is CC1CCN(C(=O)C[C@H]2Sc3ncccc3N(C)C2=O)CC1. The van der Waals surface area contributed by atoms with E-state index >= 15 is 0 Å². The summed E-state index contributed by atoms with van der Waals surface area (Å²) in [6.07, 6.45) is 4.10. The van der Waals surface area contributed by atoms with E-state index in [0.29, 0.717) is 5.92 Å². The van der Waals surface area contributed by atoms with E-state index in [1.165, 1.54) is 11.8 Å². The second kappa shape index (κ2) is 6.28. The van der Waals surface area contributed by atoms with Gasteiger partial charge in [0.1, 0.15) is 5.03 Å². The molecule has 22 heavy (non-hydrogen) atoms. The lowest BCUT2D eigenvalue weighted by atomic mass is 9.99. The highest BCUT2D eigenvalue weighted by Gasteiger charge is 2.35. The Labute approximate surface area is 135 Å². The van der Waals surface area contributed by atoms with Crippen LogP contribution in [0.2, 0.25) is 0 Å². The standard InChI is InChI=1S/C16H21N3O2S/c1-11-5-8-19(9-6-11)14(20)10-13-16(21)18(2)12-4-3-7-17-15(12)22-13/h3-4,7,11,13H,5-6,8-10H2,1-2H3/t13-/m1/s1. The summed E-state index contributed by atoms with van der Waals surface area (Å²) in [5, 5.41) is 0.467. The number of fused-ring (bicyclic) bond motifs is 1. The molecule has 2 aliphatic rings. The smallest absolute Gasteiger partial charge is 0.240 e. The zero-order valence-corrected chi connectivity index (χ0v) is 13.8. The van der Waals surface area contributed by atoms with E-state index < -0.39 is 0 Å². The minimum Gasteiger partial charge on any atom is -0.343 e. The molecule has 5 nitrogen and oxygen atoms in total. The number of rotatable bonds is 2. The summed E-state index contributed by atoms with van der Waals surface area (Å²) in [4.78, 5) is 32.8. The van der Waals surface area contributed by atoms with Gasteiger partial charge in [0.05, 0.1) is 10.9 Å². The van der Waals surface area contributed by atoms with Crippen molar-refractivity contribution in [1.29, 1.82) is 0 Å². The van der Waals surface area contributed by atoms with Gasteiger partial charge in [0.15, 0.2) is 0 Å². The highest BCUT2D eigenvalue weighted by Crippen LogP contribution is 2.38. The number of carbonyl (C=O) groups excluding carboxylic acids is 2. The van der Waals surface area contributed by atoms with Crippen LogP contribution in [0.1, 0.15) is 26.2 Å². The molecule has 6 heteroatoms. The number of likely N-dealkylation sites (tertiary alicyclic amines) is 1. The minimum atomic E-state index is -0.362. The van der Waals surface area contributed by atoms with E-state index in [4.69, 9.17) is 0 Å². The topological polar surface area (TPSA) is 53.5 Å². The van der Waals surface area contributed by atoms with Crippen molar-refractivity contribution in [1.82, 2.24) is 9.88 Å². The Bertz CT molecular complexity index is 585. The van der Waals surface area contributed by atoms with Crippen LogP contribution in [0.4, 0.5) is 5.69 Å². The number of hydrogen-bond acceptors (Lipinski definition) is 4. The van der Waals surface area contributed by atoms with Gasteiger partial charge in [-0.1, -0.05) is 18.7 Å². The average molecular weight is 319 g/mol. The molecule has 118 valence electrons. The van der Waals surface area contributed by atoms with Crippen LogP contribution in [-0.4, -0.2) is 47.1 Å². The van der Waals surface area contributed by atoms with Crippen LogP contribution in [-0.2, 0) is 9.59 Å². The summed E-state index contributed by atoms with van der Waals surface area (Å²) in [6.45, 7) is 3.85. The van der Waals surface area contributed by atoms with E-state index in [1.807, 2.05) is 17.0 Å². The van der Waals surface area contributed by atoms with Gasteiger partial charge in [-0.2, -0.15) is 0 Å². The molecule has 0 radical (unpaired) electrons. The van der Waals surface area contributed by atoms with Crippen LogP contribution in [0, 0.1) is 5.92 Å². The maximum atomic E-state index is 12.5. The van der Waals surface area contributed by atoms with Crippen molar-refractivity contribution in [3.63, 3.8) is 0 Å². The molecule has 0 unspecified atom stereocenters. The Morgan fingerprint density at radius 1 is 1.41 bits per heavy atom. The Morgan fingerprint density at radius 3 is 2.86 bits per heavy atom. The zero-order chi connectivity index (χ0) is 15.7. The molecule has 1 fully saturated rings. The van der Waals surface area contributed by atoms with Gasteiger partial charge in [-0.15, -0.1) is 0 Å². The lowest BCUT2D eigenvalue weighted by molar-refractivity contribution is -0.134. The third-order valence-corrected chi connectivity index (χ3v) is 5.66. The summed E-state index contributed by atoms with van der Waals surface area (Å²) in [6, 6.07) is 3.71. The molecule has 3 heterocycles. The van der Waals surface area contributed by atoms with Crippen molar-refractivity contribution in [2.75, 3.05) is 25.0 Å². The molecule has 0 aliphatic carbocycles. The summed E-state index contributed by atoms with van der Waals surface area (Å²) >= 11 is 1.41. The summed E-state index contributed by atoms with van der Waals surface area (Å²) in [5.74, 6) is 0.770. The van der Waals surface area contributed by atoms with Gasteiger partial charge < -0.3 is 9.80 Å². The molecule has 0 saturated carbocycles. The van der Waals surface area contributed by atoms with Gasteiger partial charge in [0, 0.05) is 32.8 Å². The van der Waals surface area contributed by atoms with E-state index in [-0.39, 0.29) is 23.5 Å². The third-order valence-electron chi connectivity index (χ3n) is 4.47. The second-order valence-electron chi connectivity index (χ2n) is 6.10. The molecular formula is C16H21N3O2S. The molecule has 1 aromatic rings. The maximum absolute atomic E-state index is 12.5. The van der Waals surface area contributed by atoms with E-state index in [0.717, 1.165) is 36.6 Å². The first-order valence-electron chi connectivity index (χ1n) is 7.73. The fourth-order valence-electron chi connectivity index (χ4n) is 2.92. The molecule has 0 bridgehead atoms. The Balaban J connectivity index is 1.68. The number of amides is 2.